The molecule has 0 radical (unpaired) electrons. The third-order valence-electron chi connectivity index (χ3n) is 2.66. The van der Waals surface area contributed by atoms with E-state index in [1.807, 2.05) is 30.3 Å². The summed E-state index contributed by atoms with van der Waals surface area (Å²) in [4.78, 5) is 0.0997. The van der Waals surface area contributed by atoms with Gasteiger partial charge in [-0.05, 0) is 41.6 Å². The lowest BCUT2D eigenvalue weighted by atomic mass is 10.1. The normalized spacial score (nSPS) is 12.5. The van der Waals surface area contributed by atoms with Gasteiger partial charge in [0, 0.05) is 10.6 Å². The first-order valence-electron chi connectivity index (χ1n) is 6.05. The van der Waals surface area contributed by atoms with Crippen LogP contribution in [0.5, 0.6) is 0 Å². The first kappa shape index (κ1) is 15.3. The van der Waals surface area contributed by atoms with E-state index in [0.29, 0.717) is 5.56 Å². The molecule has 0 saturated heterocycles. The summed E-state index contributed by atoms with van der Waals surface area (Å²) in [5.74, 6) is 0. The fourth-order valence-corrected chi connectivity index (χ4v) is 2.29. The van der Waals surface area contributed by atoms with Crippen molar-refractivity contribution >= 4 is 17.4 Å². The highest BCUT2D eigenvalue weighted by molar-refractivity contribution is 8.00. The molecular formula is C15H11F3N2S. The lowest BCUT2D eigenvalue weighted by Crippen LogP contribution is -2.08. The van der Waals surface area contributed by atoms with Gasteiger partial charge in [0.25, 0.3) is 0 Å². The van der Waals surface area contributed by atoms with Gasteiger partial charge in [0.15, 0.2) is 0 Å². The van der Waals surface area contributed by atoms with Gasteiger partial charge >= 0.3 is 5.51 Å². The first-order chi connectivity index (χ1) is 9.98. The van der Waals surface area contributed by atoms with E-state index in [1.165, 1.54) is 24.3 Å². The van der Waals surface area contributed by atoms with Crippen molar-refractivity contribution in [3.8, 4) is 6.07 Å². The van der Waals surface area contributed by atoms with Crippen molar-refractivity contribution in [2.45, 2.75) is 16.4 Å². The van der Waals surface area contributed by atoms with Gasteiger partial charge in [0.1, 0.15) is 6.04 Å². The highest BCUT2D eigenvalue weighted by atomic mass is 32.2. The van der Waals surface area contributed by atoms with Crippen molar-refractivity contribution in [1.82, 2.24) is 0 Å². The first-order valence-corrected chi connectivity index (χ1v) is 6.86. The van der Waals surface area contributed by atoms with Crippen LogP contribution < -0.4 is 5.32 Å². The van der Waals surface area contributed by atoms with E-state index >= 15 is 0 Å². The largest absolute Gasteiger partial charge is 0.446 e. The molecule has 0 fully saturated rings. The molecule has 108 valence electrons. The van der Waals surface area contributed by atoms with Crippen molar-refractivity contribution in [2.24, 2.45) is 0 Å². The predicted molar refractivity (Wildman–Crippen MR) is 76.8 cm³/mol. The van der Waals surface area contributed by atoms with E-state index in [0.717, 1.165) is 5.69 Å². The van der Waals surface area contributed by atoms with Crippen molar-refractivity contribution in [3.05, 3.63) is 60.2 Å². The molecule has 0 saturated carbocycles. The second-order valence-corrected chi connectivity index (χ2v) is 5.33. The van der Waals surface area contributed by atoms with Crippen LogP contribution in [0, 0.1) is 11.3 Å². The van der Waals surface area contributed by atoms with Gasteiger partial charge in [0.05, 0.1) is 6.07 Å². The lowest BCUT2D eigenvalue weighted by Gasteiger charge is -2.14. The Balaban J connectivity index is 2.11. The number of nitrogens with one attached hydrogen (secondary N) is 1. The van der Waals surface area contributed by atoms with Crippen LogP contribution >= 0.6 is 11.8 Å². The summed E-state index contributed by atoms with van der Waals surface area (Å²) in [6.07, 6.45) is 0. The Morgan fingerprint density at radius 1 is 1.00 bits per heavy atom. The molecule has 0 heterocycles. The second kappa shape index (κ2) is 6.55. The molecular weight excluding hydrogens is 297 g/mol. The molecule has 0 spiro atoms. The number of rotatable bonds is 4. The van der Waals surface area contributed by atoms with E-state index < -0.39 is 11.6 Å². The van der Waals surface area contributed by atoms with E-state index in [2.05, 4.69) is 11.4 Å². The van der Waals surface area contributed by atoms with Crippen LogP contribution in [0.25, 0.3) is 0 Å². The molecule has 0 aliphatic rings. The van der Waals surface area contributed by atoms with Gasteiger partial charge in [-0.3, -0.25) is 0 Å². The summed E-state index contributed by atoms with van der Waals surface area (Å²) in [6, 6.07) is 16.4. The molecule has 0 aliphatic carbocycles. The highest BCUT2D eigenvalue weighted by Gasteiger charge is 2.29. The second-order valence-electron chi connectivity index (χ2n) is 4.19. The Morgan fingerprint density at radius 2 is 1.62 bits per heavy atom. The van der Waals surface area contributed by atoms with Crippen LogP contribution in [0.3, 0.4) is 0 Å². The number of nitriles is 1. The van der Waals surface area contributed by atoms with Crippen LogP contribution in [-0.4, -0.2) is 5.51 Å². The van der Waals surface area contributed by atoms with Crippen LogP contribution in [0.4, 0.5) is 18.9 Å². The topological polar surface area (TPSA) is 35.8 Å². The fraction of sp³-hybridized carbons (Fsp3) is 0.133. The average molecular weight is 308 g/mol. The van der Waals surface area contributed by atoms with E-state index in [1.54, 1.807) is 0 Å². The fourth-order valence-electron chi connectivity index (χ4n) is 1.75. The standard InChI is InChI=1S/C15H11F3N2S/c16-15(17,18)21-13-8-6-11(7-9-13)14(10-19)20-12-4-2-1-3-5-12/h1-9,14,20H. The summed E-state index contributed by atoms with van der Waals surface area (Å²) in [6.45, 7) is 0. The van der Waals surface area contributed by atoms with Crippen molar-refractivity contribution in [2.75, 3.05) is 5.32 Å². The third kappa shape index (κ3) is 4.72. The molecule has 2 rings (SSSR count). The number of alkyl halides is 3. The molecule has 0 bridgehead atoms. The molecule has 6 heteroatoms. The van der Waals surface area contributed by atoms with Gasteiger partial charge < -0.3 is 5.32 Å². The number of benzene rings is 2. The monoisotopic (exact) mass is 308 g/mol. The lowest BCUT2D eigenvalue weighted by molar-refractivity contribution is -0.0328. The van der Waals surface area contributed by atoms with E-state index in [-0.39, 0.29) is 16.7 Å². The quantitative estimate of drug-likeness (QED) is 0.810. The number of hydrogen-bond donors (Lipinski definition) is 1. The van der Waals surface area contributed by atoms with E-state index in [9.17, 15) is 18.4 Å². The molecule has 1 N–H and O–H groups in total. The van der Waals surface area contributed by atoms with Gasteiger partial charge in [-0.15, -0.1) is 0 Å². The average Bonchev–Trinajstić information content (AvgIpc) is 2.45. The minimum atomic E-state index is -4.31. The number of nitrogens with zero attached hydrogens (tertiary/aromatic N) is 1. The van der Waals surface area contributed by atoms with Gasteiger partial charge in [-0.1, -0.05) is 30.3 Å². The Bertz CT molecular complexity index is 618. The molecule has 0 aromatic heterocycles. The van der Waals surface area contributed by atoms with Gasteiger partial charge in [0.2, 0.25) is 0 Å². The Morgan fingerprint density at radius 3 is 2.14 bits per heavy atom. The Kier molecular flexibility index (Phi) is 4.76. The SMILES string of the molecule is N#CC(Nc1ccccc1)c1ccc(SC(F)(F)F)cc1. The number of anilines is 1. The predicted octanol–water partition coefficient (Wildman–Crippen LogP) is 4.98. The number of thioether (sulfide) groups is 1. The van der Waals surface area contributed by atoms with Crippen molar-refractivity contribution in [1.29, 1.82) is 5.26 Å². The van der Waals surface area contributed by atoms with Crippen molar-refractivity contribution in [3.63, 3.8) is 0 Å². The van der Waals surface area contributed by atoms with Gasteiger partial charge in [-0.25, -0.2) is 0 Å². The smallest absolute Gasteiger partial charge is 0.366 e. The summed E-state index contributed by atoms with van der Waals surface area (Å²) < 4.78 is 36.8. The summed E-state index contributed by atoms with van der Waals surface area (Å²) in [5, 5.41) is 12.2. The maximum atomic E-state index is 12.3. The highest BCUT2D eigenvalue weighted by Crippen LogP contribution is 2.37. The molecule has 0 aliphatic heterocycles. The molecule has 21 heavy (non-hydrogen) atoms. The van der Waals surface area contributed by atoms with Crippen LogP contribution in [0.1, 0.15) is 11.6 Å². The summed E-state index contributed by atoms with van der Waals surface area (Å²) in [5.41, 5.74) is -2.91. The zero-order chi connectivity index (χ0) is 15.3. The van der Waals surface area contributed by atoms with Crippen LogP contribution in [0.2, 0.25) is 0 Å². The summed E-state index contributed by atoms with van der Waals surface area (Å²) >= 11 is -0.171. The molecule has 2 aromatic carbocycles. The molecule has 0 amide bonds. The maximum Gasteiger partial charge on any atom is 0.446 e. The van der Waals surface area contributed by atoms with Crippen molar-refractivity contribution < 1.29 is 13.2 Å². The molecule has 1 unspecified atom stereocenters. The maximum absolute atomic E-state index is 12.3. The third-order valence-corrected chi connectivity index (χ3v) is 3.40. The van der Waals surface area contributed by atoms with Crippen LogP contribution in [0.15, 0.2) is 59.5 Å². The number of halogens is 3. The number of para-hydroxylation sites is 1. The van der Waals surface area contributed by atoms with Crippen LogP contribution in [-0.2, 0) is 0 Å². The minimum absolute atomic E-state index is 0.0997. The van der Waals surface area contributed by atoms with Gasteiger partial charge in [-0.2, -0.15) is 18.4 Å². The zero-order valence-corrected chi connectivity index (χ0v) is 11.6. The van der Waals surface area contributed by atoms with E-state index in [4.69, 9.17) is 0 Å². The molecule has 1 atom stereocenters. The zero-order valence-electron chi connectivity index (χ0n) is 10.8. The molecule has 2 aromatic rings. The summed E-state index contributed by atoms with van der Waals surface area (Å²) in [7, 11) is 0. The Hall–Kier alpha value is -2.13. The minimum Gasteiger partial charge on any atom is -0.366 e. The Labute approximate surface area is 124 Å². The number of hydrogen-bond acceptors (Lipinski definition) is 3. The molecule has 2 nitrogen and oxygen atoms in total.